The summed E-state index contributed by atoms with van der Waals surface area (Å²) in [4.78, 5) is 4.39. The van der Waals surface area contributed by atoms with Crippen molar-refractivity contribution >= 4 is 17.0 Å². The summed E-state index contributed by atoms with van der Waals surface area (Å²) in [7, 11) is 0. The maximum absolute atomic E-state index is 4.39. The van der Waals surface area contributed by atoms with Crippen molar-refractivity contribution in [3.05, 3.63) is 24.3 Å². The molecule has 0 amide bonds. The molecule has 0 fully saturated rings. The fourth-order valence-electron chi connectivity index (χ4n) is 1.53. The third-order valence-corrected chi connectivity index (χ3v) is 2.42. The predicted octanol–water partition coefficient (Wildman–Crippen LogP) is 2.63. The van der Waals surface area contributed by atoms with Crippen molar-refractivity contribution in [3.63, 3.8) is 0 Å². The van der Waals surface area contributed by atoms with E-state index in [-0.39, 0.29) is 0 Å². The number of unbranched alkanes of at least 4 members (excludes halogenated alkanes) is 2. The lowest BCUT2D eigenvalue weighted by Crippen LogP contribution is -2.06. The van der Waals surface area contributed by atoms with E-state index in [0.29, 0.717) is 5.95 Å². The lowest BCUT2D eigenvalue weighted by atomic mass is 10.2. The Kier molecular flexibility index (Phi) is 3.64. The van der Waals surface area contributed by atoms with Crippen LogP contribution in [0.3, 0.4) is 0 Å². The van der Waals surface area contributed by atoms with Crippen LogP contribution < -0.4 is 5.32 Å². The summed E-state index contributed by atoms with van der Waals surface area (Å²) < 4.78 is 0. The van der Waals surface area contributed by atoms with E-state index in [2.05, 4.69) is 27.4 Å². The number of aromatic nitrogens is 3. The number of benzene rings is 1. The van der Waals surface area contributed by atoms with Crippen molar-refractivity contribution in [2.24, 2.45) is 0 Å². The molecule has 0 atom stereocenters. The number of hydrogen-bond donors (Lipinski definition) is 1. The van der Waals surface area contributed by atoms with Crippen LogP contribution in [0.5, 0.6) is 0 Å². The molecular weight excluding hydrogens is 200 g/mol. The van der Waals surface area contributed by atoms with Gasteiger partial charge >= 0.3 is 0 Å². The first-order chi connectivity index (χ1) is 7.90. The number of anilines is 1. The molecular formula is C12H16N4. The van der Waals surface area contributed by atoms with E-state index in [0.717, 1.165) is 24.0 Å². The number of para-hydroxylation sites is 1. The highest BCUT2D eigenvalue weighted by molar-refractivity contribution is 5.73. The van der Waals surface area contributed by atoms with Crippen LogP contribution in [0.25, 0.3) is 11.0 Å². The lowest BCUT2D eigenvalue weighted by Gasteiger charge is -2.03. The molecule has 0 aliphatic carbocycles. The van der Waals surface area contributed by atoms with Crippen LogP contribution >= 0.6 is 0 Å². The second-order valence-corrected chi connectivity index (χ2v) is 3.76. The van der Waals surface area contributed by atoms with Gasteiger partial charge in [0, 0.05) is 6.54 Å². The number of nitrogens with one attached hydrogen (secondary N) is 1. The number of nitrogens with zero attached hydrogens (tertiary/aromatic N) is 3. The zero-order chi connectivity index (χ0) is 11.2. The van der Waals surface area contributed by atoms with Gasteiger partial charge in [0.15, 0.2) is 0 Å². The Morgan fingerprint density at radius 3 is 2.69 bits per heavy atom. The Morgan fingerprint density at radius 1 is 1.06 bits per heavy atom. The molecule has 1 aromatic carbocycles. The minimum absolute atomic E-state index is 0.620. The van der Waals surface area contributed by atoms with Crippen molar-refractivity contribution in [1.82, 2.24) is 15.2 Å². The van der Waals surface area contributed by atoms with E-state index in [1.807, 2.05) is 24.3 Å². The maximum atomic E-state index is 4.39. The Morgan fingerprint density at radius 2 is 1.88 bits per heavy atom. The van der Waals surface area contributed by atoms with Gasteiger partial charge in [-0.05, 0) is 18.6 Å². The number of rotatable bonds is 5. The van der Waals surface area contributed by atoms with Gasteiger partial charge in [0.05, 0.1) is 5.52 Å². The van der Waals surface area contributed by atoms with Crippen molar-refractivity contribution in [3.8, 4) is 0 Å². The Bertz CT molecular complexity index is 455. The summed E-state index contributed by atoms with van der Waals surface area (Å²) in [6.07, 6.45) is 3.60. The third-order valence-electron chi connectivity index (χ3n) is 2.42. The van der Waals surface area contributed by atoms with Crippen molar-refractivity contribution in [1.29, 1.82) is 0 Å². The van der Waals surface area contributed by atoms with Gasteiger partial charge in [-0.25, -0.2) is 4.98 Å². The molecule has 1 N–H and O–H groups in total. The van der Waals surface area contributed by atoms with Crippen LogP contribution in [-0.2, 0) is 0 Å². The van der Waals surface area contributed by atoms with Gasteiger partial charge in [-0.3, -0.25) is 0 Å². The minimum atomic E-state index is 0.620. The lowest BCUT2D eigenvalue weighted by molar-refractivity contribution is 0.739. The SMILES string of the molecule is CCCCCNc1nnc2ccccc2n1. The molecule has 2 rings (SSSR count). The minimum Gasteiger partial charge on any atom is -0.353 e. The molecule has 0 aliphatic heterocycles. The summed E-state index contributed by atoms with van der Waals surface area (Å²) in [6.45, 7) is 3.10. The summed E-state index contributed by atoms with van der Waals surface area (Å²) in [5, 5.41) is 11.3. The smallest absolute Gasteiger partial charge is 0.243 e. The van der Waals surface area contributed by atoms with Crippen LogP contribution in [0.15, 0.2) is 24.3 Å². The van der Waals surface area contributed by atoms with E-state index in [1.165, 1.54) is 12.8 Å². The van der Waals surface area contributed by atoms with E-state index >= 15 is 0 Å². The molecule has 0 bridgehead atoms. The maximum Gasteiger partial charge on any atom is 0.243 e. The molecule has 0 aliphatic rings. The monoisotopic (exact) mass is 216 g/mol. The van der Waals surface area contributed by atoms with Gasteiger partial charge in [-0.2, -0.15) is 0 Å². The molecule has 2 aromatic rings. The highest BCUT2D eigenvalue weighted by Gasteiger charge is 1.99. The van der Waals surface area contributed by atoms with Gasteiger partial charge in [0.1, 0.15) is 5.52 Å². The summed E-state index contributed by atoms with van der Waals surface area (Å²) in [6, 6.07) is 7.75. The average molecular weight is 216 g/mol. The Hall–Kier alpha value is -1.71. The molecule has 0 saturated carbocycles. The fourth-order valence-corrected chi connectivity index (χ4v) is 1.53. The zero-order valence-electron chi connectivity index (χ0n) is 9.48. The van der Waals surface area contributed by atoms with Gasteiger partial charge in [-0.1, -0.05) is 31.9 Å². The van der Waals surface area contributed by atoms with Gasteiger partial charge in [0.2, 0.25) is 5.95 Å². The molecule has 1 heterocycles. The van der Waals surface area contributed by atoms with Crippen LogP contribution in [0.4, 0.5) is 5.95 Å². The first-order valence-electron chi connectivity index (χ1n) is 5.73. The fraction of sp³-hybridized carbons (Fsp3) is 0.417. The molecule has 84 valence electrons. The second-order valence-electron chi connectivity index (χ2n) is 3.76. The van der Waals surface area contributed by atoms with Gasteiger partial charge in [-0.15, -0.1) is 10.2 Å². The van der Waals surface area contributed by atoms with E-state index in [1.54, 1.807) is 0 Å². The molecule has 0 radical (unpaired) electrons. The standard InChI is InChI=1S/C12H16N4/c1-2-3-6-9-13-12-14-10-7-4-5-8-11(10)15-16-12/h4-5,7-8H,2-3,6,9H2,1H3,(H,13,14,16). The van der Waals surface area contributed by atoms with Crippen LogP contribution in [-0.4, -0.2) is 21.7 Å². The van der Waals surface area contributed by atoms with Crippen molar-refractivity contribution in [2.45, 2.75) is 26.2 Å². The first-order valence-corrected chi connectivity index (χ1v) is 5.73. The number of hydrogen-bond acceptors (Lipinski definition) is 4. The molecule has 0 spiro atoms. The second kappa shape index (κ2) is 5.39. The average Bonchev–Trinajstić information content (AvgIpc) is 2.34. The molecule has 1 aromatic heterocycles. The highest BCUT2D eigenvalue weighted by atomic mass is 15.2. The highest BCUT2D eigenvalue weighted by Crippen LogP contribution is 2.08. The molecule has 0 saturated heterocycles. The third kappa shape index (κ3) is 2.66. The Balaban J connectivity index is 2.02. The summed E-state index contributed by atoms with van der Waals surface area (Å²) in [5.41, 5.74) is 1.72. The summed E-state index contributed by atoms with van der Waals surface area (Å²) >= 11 is 0. The van der Waals surface area contributed by atoms with Gasteiger partial charge < -0.3 is 5.32 Å². The quantitative estimate of drug-likeness (QED) is 0.780. The Labute approximate surface area is 95.1 Å². The van der Waals surface area contributed by atoms with Crippen LogP contribution in [0, 0.1) is 0 Å². The topological polar surface area (TPSA) is 50.7 Å². The summed E-state index contributed by atoms with van der Waals surface area (Å²) in [5.74, 6) is 0.620. The van der Waals surface area contributed by atoms with Crippen LogP contribution in [0.1, 0.15) is 26.2 Å². The molecule has 4 nitrogen and oxygen atoms in total. The van der Waals surface area contributed by atoms with E-state index in [9.17, 15) is 0 Å². The van der Waals surface area contributed by atoms with Crippen molar-refractivity contribution < 1.29 is 0 Å². The van der Waals surface area contributed by atoms with E-state index in [4.69, 9.17) is 0 Å². The first kappa shape index (κ1) is 10.8. The predicted molar refractivity (Wildman–Crippen MR) is 65.3 cm³/mol. The zero-order valence-corrected chi connectivity index (χ0v) is 9.48. The van der Waals surface area contributed by atoms with Gasteiger partial charge in [0.25, 0.3) is 0 Å². The molecule has 0 unspecified atom stereocenters. The number of fused-ring (bicyclic) bond motifs is 1. The molecule has 4 heteroatoms. The van der Waals surface area contributed by atoms with E-state index < -0.39 is 0 Å². The largest absolute Gasteiger partial charge is 0.353 e. The van der Waals surface area contributed by atoms with Crippen LogP contribution in [0.2, 0.25) is 0 Å². The molecule has 16 heavy (non-hydrogen) atoms. The van der Waals surface area contributed by atoms with Crippen molar-refractivity contribution in [2.75, 3.05) is 11.9 Å². The normalized spacial score (nSPS) is 10.6.